The monoisotopic (exact) mass is 516 g/mol. The maximum absolute atomic E-state index is 15.0. The van der Waals surface area contributed by atoms with E-state index in [4.69, 9.17) is 0 Å². The highest BCUT2D eigenvalue weighted by Gasteiger charge is 2.30. The van der Waals surface area contributed by atoms with Crippen LogP contribution in [0.5, 0.6) is 0 Å². The van der Waals surface area contributed by atoms with Crippen LogP contribution in [0.4, 0.5) is 26.3 Å². The lowest BCUT2D eigenvalue weighted by Crippen LogP contribution is -2.15. The molecule has 0 spiro atoms. The van der Waals surface area contributed by atoms with Crippen molar-refractivity contribution in [3.05, 3.63) is 101 Å². The number of benzene rings is 2. The molecule has 0 bridgehead atoms. The van der Waals surface area contributed by atoms with Crippen molar-refractivity contribution in [2.24, 2.45) is 0 Å². The van der Waals surface area contributed by atoms with Gasteiger partial charge in [-0.2, -0.15) is 37.2 Å². The molecule has 5 aromatic rings. The molecule has 0 aliphatic rings. The molecular formula is C24H14F6N6O. The zero-order valence-electron chi connectivity index (χ0n) is 18.4. The molecule has 0 fully saturated rings. The van der Waals surface area contributed by atoms with Gasteiger partial charge < -0.3 is 0 Å². The fraction of sp³-hybridized carbons (Fsp3) is 0.0833. The van der Waals surface area contributed by atoms with Gasteiger partial charge in [0, 0.05) is 24.0 Å². The molecule has 37 heavy (non-hydrogen) atoms. The molecule has 0 saturated carbocycles. The van der Waals surface area contributed by atoms with Crippen molar-refractivity contribution in [2.75, 3.05) is 0 Å². The van der Waals surface area contributed by atoms with E-state index in [-0.39, 0.29) is 33.9 Å². The highest BCUT2D eigenvalue weighted by atomic mass is 19.4. The first-order valence-electron chi connectivity index (χ1n) is 10.6. The molecule has 0 radical (unpaired) electrons. The third-order valence-electron chi connectivity index (χ3n) is 5.44. The van der Waals surface area contributed by atoms with Gasteiger partial charge in [-0.3, -0.25) is 4.79 Å². The number of rotatable bonds is 5. The zero-order chi connectivity index (χ0) is 26.3. The van der Waals surface area contributed by atoms with Gasteiger partial charge in [0.05, 0.1) is 29.3 Å². The van der Waals surface area contributed by atoms with Crippen molar-refractivity contribution in [1.82, 2.24) is 29.3 Å². The third-order valence-corrected chi connectivity index (χ3v) is 5.44. The minimum atomic E-state index is -4.58. The van der Waals surface area contributed by atoms with Crippen LogP contribution in [-0.2, 0) is 6.18 Å². The maximum atomic E-state index is 15.0. The molecule has 3 aromatic heterocycles. The topological polar surface area (TPSA) is 70.5 Å². The summed E-state index contributed by atoms with van der Waals surface area (Å²) in [5, 5.41) is 11.8. The predicted molar refractivity (Wildman–Crippen MR) is 120 cm³/mol. The first-order chi connectivity index (χ1) is 17.6. The normalized spacial score (nSPS) is 11.9. The van der Waals surface area contributed by atoms with Crippen LogP contribution in [0.2, 0.25) is 0 Å². The van der Waals surface area contributed by atoms with E-state index < -0.39 is 29.5 Å². The fourth-order valence-corrected chi connectivity index (χ4v) is 3.69. The average molecular weight is 516 g/mol. The molecule has 0 aliphatic heterocycles. The summed E-state index contributed by atoms with van der Waals surface area (Å²) in [7, 11) is 0. The Kier molecular flexibility index (Phi) is 5.90. The van der Waals surface area contributed by atoms with Crippen molar-refractivity contribution in [3.63, 3.8) is 0 Å². The number of aromatic nitrogens is 6. The lowest BCUT2D eigenvalue weighted by Gasteiger charge is -2.12. The Balaban J connectivity index is 1.53. The summed E-state index contributed by atoms with van der Waals surface area (Å²) >= 11 is 0. The van der Waals surface area contributed by atoms with Crippen LogP contribution in [0.1, 0.15) is 12.1 Å². The van der Waals surface area contributed by atoms with Crippen molar-refractivity contribution >= 4 is 0 Å². The van der Waals surface area contributed by atoms with Crippen molar-refractivity contribution in [3.8, 4) is 33.9 Å². The second-order valence-corrected chi connectivity index (χ2v) is 7.80. The lowest BCUT2D eigenvalue weighted by atomic mass is 10.1. The second kappa shape index (κ2) is 9.08. The van der Waals surface area contributed by atoms with E-state index in [9.17, 15) is 26.7 Å². The summed E-state index contributed by atoms with van der Waals surface area (Å²) in [5.41, 5.74) is -1.01. The van der Waals surface area contributed by atoms with E-state index >= 15 is 4.39 Å². The standard InChI is InChI=1S/C24H14F6N6O/c25-18-10-14(15-12-32-35(13-15)23(26)27)4-5-19(18)34-9-7-21(37)22(33-34)20-6-8-31-36(20)17-3-1-2-16(11-17)24(28,29)30/h1-13,23H. The Bertz CT molecular complexity index is 1650. The largest absolute Gasteiger partial charge is 0.416 e. The Morgan fingerprint density at radius 2 is 1.73 bits per heavy atom. The summed E-state index contributed by atoms with van der Waals surface area (Å²) in [6, 6.07) is 10.8. The first-order valence-corrected chi connectivity index (χ1v) is 10.6. The molecule has 0 unspecified atom stereocenters. The number of hydrogen-bond donors (Lipinski definition) is 0. The fourth-order valence-electron chi connectivity index (χ4n) is 3.69. The van der Waals surface area contributed by atoms with Gasteiger partial charge >= 0.3 is 12.7 Å². The van der Waals surface area contributed by atoms with Crippen molar-refractivity contribution in [1.29, 1.82) is 0 Å². The molecule has 0 atom stereocenters. The number of hydrogen-bond acceptors (Lipinski definition) is 4. The SMILES string of the molecule is O=c1ccn(-c2ccc(-c3cnn(C(F)F)c3)cc2F)nc1-c1ccnn1-c1cccc(C(F)(F)F)c1. The van der Waals surface area contributed by atoms with Gasteiger partial charge in [-0.25, -0.2) is 18.4 Å². The summed E-state index contributed by atoms with van der Waals surface area (Å²) in [4.78, 5) is 12.6. The highest BCUT2D eigenvalue weighted by molar-refractivity contribution is 5.64. The summed E-state index contributed by atoms with van der Waals surface area (Å²) in [5.74, 6) is -0.768. The Labute approximate surface area is 203 Å². The van der Waals surface area contributed by atoms with Gasteiger partial charge in [-0.05, 0) is 42.0 Å². The highest BCUT2D eigenvalue weighted by Crippen LogP contribution is 2.31. The smallest absolute Gasteiger partial charge is 0.287 e. The summed E-state index contributed by atoms with van der Waals surface area (Å²) in [6.45, 7) is -2.84. The molecule has 0 aliphatic carbocycles. The minimum Gasteiger partial charge on any atom is -0.287 e. The summed E-state index contributed by atoms with van der Waals surface area (Å²) < 4.78 is 82.8. The first kappa shape index (κ1) is 24.0. The molecule has 5 rings (SSSR count). The van der Waals surface area contributed by atoms with Crippen LogP contribution in [0, 0.1) is 5.82 Å². The molecule has 0 saturated heterocycles. The van der Waals surface area contributed by atoms with Gasteiger partial charge in [0.25, 0.3) is 0 Å². The van der Waals surface area contributed by atoms with Gasteiger partial charge in [-0.15, -0.1) is 0 Å². The van der Waals surface area contributed by atoms with Crippen LogP contribution < -0.4 is 5.43 Å². The van der Waals surface area contributed by atoms with Crippen molar-refractivity contribution in [2.45, 2.75) is 12.7 Å². The van der Waals surface area contributed by atoms with Crippen LogP contribution >= 0.6 is 0 Å². The van der Waals surface area contributed by atoms with Crippen LogP contribution in [0.15, 0.2) is 84.2 Å². The third kappa shape index (κ3) is 4.62. The van der Waals surface area contributed by atoms with Crippen molar-refractivity contribution < 1.29 is 26.3 Å². The van der Waals surface area contributed by atoms with E-state index in [2.05, 4.69) is 15.3 Å². The molecule has 7 nitrogen and oxygen atoms in total. The molecule has 3 heterocycles. The van der Waals surface area contributed by atoms with Crippen LogP contribution in [0.25, 0.3) is 33.9 Å². The van der Waals surface area contributed by atoms with Gasteiger partial charge in [0.2, 0.25) is 5.43 Å². The lowest BCUT2D eigenvalue weighted by molar-refractivity contribution is -0.137. The van der Waals surface area contributed by atoms with Crippen LogP contribution in [0.3, 0.4) is 0 Å². The van der Waals surface area contributed by atoms with E-state index in [1.165, 1.54) is 48.9 Å². The molecule has 0 amide bonds. The average Bonchev–Trinajstić information content (AvgIpc) is 3.55. The number of halogens is 6. The second-order valence-electron chi connectivity index (χ2n) is 7.80. The van der Waals surface area contributed by atoms with E-state index in [1.54, 1.807) is 0 Å². The molecule has 2 aromatic carbocycles. The van der Waals surface area contributed by atoms with E-state index in [0.29, 0.717) is 4.68 Å². The van der Waals surface area contributed by atoms with Crippen LogP contribution in [-0.4, -0.2) is 29.3 Å². The molecule has 188 valence electrons. The quantitative estimate of drug-likeness (QED) is 0.289. The Morgan fingerprint density at radius 1 is 0.919 bits per heavy atom. The zero-order valence-corrected chi connectivity index (χ0v) is 18.4. The minimum absolute atomic E-state index is 0.0475. The van der Waals surface area contributed by atoms with E-state index in [1.807, 2.05) is 0 Å². The molecule has 0 N–H and O–H groups in total. The maximum Gasteiger partial charge on any atom is 0.416 e. The van der Waals surface area contributed by atoms with E-state index in [0.717, 1.165) is 39.8 Å². The van der Waals surface area contributed by atoms with Gasteiger partial charge in [0.1, 0.15) is 11.5 Å². The number of alkyl halides is 5. The Morgan fingerprint density at radius 3 is 2.43 bits per heavy atom. The number of nitrogens with zero attached hydrogens (tertiary/aromatic N) is 6. The predicted octanol–water partition coefficient (Wildman–Crippen LogP) is 5.50. The summed E-state index contributed by atoms with van der Waals surface area (Å²) in [6.07, 6.45) is 0.185. The van der Waals surface area contributed by atoms with Gasteiger partial charge in [-0.1, -0.05) is 12.1 Å². The molecular weight excluding hydrogens is 502 g/mol. The molecule has 13 heteroatoms. The Hall–Kier alpha value is -4.68. The van der Waals surface area contributed by atoms with Gasteiger partial charge in [0.15, 0.2) is 5.69 Å².